The van der Waals surface area contributed by atoms with E-state index >= 15 is 0 Å². The predicted molar refractivity (Wildman–Crippen MR) is 208 cm³/mol. The summed E-state index contributed by atoms with van der Waals surface area (Å²) in [4.78, 5) is 2.38. The molecule has 0 amide bonds. The van der Waals surface area contributed by atoms with Crippen molar-refractivity contribution in [1.82, 2.24) is 0 Å². The Morgan fingerprint density at radius 3 is 1.38 bits per heavy atom. The Labute approximate surface area is 284 Å². The Morgan fingerprint density at radius 2 is 0.792 bits per heavy atom. The second-order valence-corrected chi connectivity index (χ2v) is 13.2. The minimum atomic E-state index is 1.12. The molecule has 0 fully saturated rings. The number of hydrogen-bond donors (Lipinski definition) is 0. The Morgan fingerprint density at radius 1 is 0.312 bits per heavy atom. The second kappa shape index (κ2) is 12.0. The van der Waals surface area contributed by atoms with E-state index in [9.17, 15) is 0 Å². The van der Waals surface area contributed by atoms with Crippen LogP contribution in [0.1, 0.15) is 0 Å². The Kier molecular flexibility index (Phi) is 7.07. The molecule has 0 radical (unpaired) electrons. The molecule has 0 aliphatic heterocycles. The lowest BCUT2D eigenvalue weighted by molar-refractivity contribution is 1.29. The zero-order chi connectivity index (χ0) is 31.9. The highest BCUT2D eigenvalue weighted by molar-refractivity contribution is 7.26. The van der Waals surface area contributed by atoms with Gasteiger partial charge in [-0.25, -0.2) is 0 Å². The predicted octanol–water partition coefficient (Wildman–Crippen LogP) is 13.7. The minimum absolute atomic E-state index is 1.12. The molecule has 9 aromatic rings. The SMILES string of the molecule is c1ccc(-c2ccc(N(c3ccc(-c4ccccc4)cc3)c3ccc4c(c3)c(-c3ccccc3)cc3c5ccccc5sc43)cc2)cc1. The van der Waals surface area contributed by atoms with Gasteiger partial charge in [-0.1, -0.05) is 140 Å². The van der Waals surface area contributed by atoms with Gasteiger partial charge in [0.1, 0.15) is 0 Å². The summed E-state index contributed by atoms with van der Waals surface area (Å²) in [5.41, 5.74) is 10.7. The van der Waals surface area contributed by atoms with Crippen LogP contribution < -0.4 is 4.90 Å². The van der Waals surface area contributed by atoms with Crippen LogP contribution in [0.5, 0.6) is 0 Å². The van der Waals surface area contributed by atoms with E-state index in [4.69, 9.17) is 0 Å². The molecule has 1 heterocycles. The van der Waals surface area contributed by atoms with Crippen molar-refractivity contribution in [2.75, 3.05) is 4.90 Å². The highest BCUT2D eigenvalue weighted by Gasteiger charge is 2.18. The number of hydrogen-bond acceptors (Lipinski definition) is 2. The molecule has 8 aromatic carbocycles. The first-order valence-electron chi connectivity index (χ1n) is 16.3. The van der Waals surface area contributed by atoms with Gasteiger partial charge in [0.05, 0.1) is 0 Å². The molecule has 0 saturated heterocycles. The molecule has 226 valence electrons. The van der Waals surface area contributed by atoms with E-state index in [0.29, 0.717) is 0 Å². The summed E-state index contributed by atoms with van der Waals surface area (Å²) < 4.78 is 2.66. The van der Waals surface area contributed by atoms with Crippen molar-refractivity contribution in [2.45, 2.75) is 0 Å². The first-order chi connectivity index (χ1) is 23.8. The zero-order valence-corrected chi connectivity index (χ0v) is 27.1. The maximum Gasteiger partial charge on any atom is 0.0468 e. The smallest absolute Gasteiger partial charge is 0.0468 e. The van der Waals surface area contributed by atoms with Gasteiger partial charge in [0.15, 0.2) is 0 Å². The topological polar surface area (TPSA) is 3.24 Å². The van der Waals surface area contributed by atoms with Gasteiger partial charge in [0.25, 0.3) is 0 Å². The number of fused-ring (bicyclic) bond motifs is 5. The molecule has 9 rings (SSSR count). The highest BCUT2D eigenvalue weighted by atomic mass is 32.1. The number of thiophene rings is 1. The van der Waals surface area contributed by atoms with E-state index < -0.39 is 0 Å². The Bertz CT molecular complexity index is 2430. The van der Waals surface area contributed by atoms with Crippen molar-refractivity contribution in [3.8, 4) is 33.4 Å². The molecule has 1 aromatic heterocycles. The molecular formula is C46H31NS. The summed E-state index contributed by atoms with van der Waals surface area (Å²) in [6, 6.07) is 68.1. The third-order valence-electron chi connectivity index (χ3n) is 9.27. The van der Waals surface area contributed by atoms with Crippen LogP contribution in [-0.4, -0.2) is 0 Å². The zero-order valence-electron chi connectivity index (χ0n) is 26.3. The fraction of sp³-hybridized carbons (Fsp3) is 0. The fourth-order valence-corrected chi connectivity index (χ4v) is 8.12. The van der Waals surface area contributed by atoms with E-state index in [0.717, 1.165) is 17.1 Å². The van der Waals surface area contributed by atoms with E-state index in [-0.39, 0.29) is 0 Å². The summed E-state index contributed by atoms with van der Waals surface area (Å²) in [5, 5.41) is 5.18. The van der Waals surface area contributed by atoms with Crippen molar-refractivity contribution in [3.05, 3.63) is 188 Å². The first-order valence-corrected chi connectivity index (χ1v) is 17.2. The summed E-state index contributed by atoms with van der Waals surface area (Å²) in [6.45, 7) is 0. The molecule has 0 atom stereocenters. The summed E-state index contributed by atoms with van der Waals surface area (Å²) in [7, 11) is 0. The van der Waals surface area contributed by atoms with Crippen LogP contribution in [0.25, 0.3) is 64.3 Å². The van der Waals surface area contributed by atoms with Crippen molar-refractivity contribution < 1.29 is 0 Å². The molecule has 0 saturated carbocycles. The van der Waals surface area contributed by atoms with Gasteiger partial charge in [0.2, 0.25) is 0 Å². The van der Waals surface area contributed by atoms with Gasteiger partial charge in [0, 0.05) is 42.6 Å². The third-order valence-corrected chi connectivity index (χ3v) is 10.5. The summed E-state index contributed by atoms with van der Waals surface area (Å²) in [5.74, 6) is 0. The maximum absolute atomic E-state index is 2.41. The number of rotatable bonds is 6. The van der Waals surface area contributed by atoms with E-state index in [2.05, 4.69) is 193 Å². The van der Waals surface area contributed by atoms with Crippen LogP contribution >= 0.6 is 11.3 Å². The van der Waals surface area contributed by atoms with Crippen LogP contribution in [0.15, 0.2) is 188 Å². The molecular weight excluding hydrogens is 599 g/mol. The molecule has 0 unspecified atom stereocenters. The molecule has 0 spiro atoms. The van der Waals surface area contributed by atoms with E-state index in [1.807, 2.05) is 11.3 Å². The summed E-state index contributed by atoms with van der Waals surface area (Å²) in [6.07, 6.45) is 0. The molecule has 0 N–H and O–H groups in total. The van der Waals surface area contributed by atoms with Gasteiger partial charge in [-0.15, -0.1) is 11.3 Å². The average molecular weight is 630 g/mol. The lowest BCUT2D eigenvalue weighted by Crippen LogP contribution is -2.10. The molecule has 0 bridgehead atoms. The summed E-state index contributed by atoms with van der Waals surface area (Å²) >= 11 is 1.89. The average Bonchev–Trinajstić information content (AvgIpc) is 3.55. The van der Waals surface area contributed by atoms with Gasteiger partial charge in [-0.3, -0.25) is 0 Å². The van der Waals surface area contributed by atoms with Crippen LogP contribution in [-0.2, 0) is 0 Å². The molecule has 0 aliphatic rings. The number of benzene rings is 8. The molecule has 2 heteroatoms. The van der Waals surface area contributed by atoms with Gasteiger partial charge >= 0.3 is 0 Å². The van der Waals surface area contributed by atoms with E-state index in [1.165, 1.54) is 64.3 Å². The quantitative estimate of drug-likeness (QED) is 0.177. The minimum Gasteiger partial charge on any atom is -0.310 e. The van der Waals surface area contributed by atoms with E-state index in [1.54, 1.807) is 0 Å². The Hall–Kier alpha value is -5.96. The Balaban J connectivity index is 1.25. The number of nitrogens with zero attached hydrogens (tertiary/aromatic N) is 1. The maximum atomic E-state index is 2.41. The molecule has 1 nitrogen and oxygen atoms in total. The first kappa shape index (κ1) is 28.3. The lowest BCUT2D eigenvalue weighted by atomic mass is 9.95. The van der Waals surface area contributed by atoms with Crippen LogP contribution in [0.2, 0.25) is 0 Å². The fourth-order valence-electron chi connectivity index (χ4n) is 6.89. The monoisotopic (exact) mass is 629 g/mol. The number of anilines is 3. The standard InChI is InChI=1S/C46H31NS/c1-4-12-32(13-5-1)34-20-24-37(25-21-34)47(38-26-22-35(23-27-38)33-14-6-2-7-15-33)39-28-29-41-43(30-39)42(36-16-8-3-9-17-36)31-44-40-18-10-11-19-45(40)48-46(41)44/h1-31H. The van der Waals surface area contributed by atoms with Crippen molar-refractivity contribution in [2.24, 2.45) is 0 Å². The van der Waals surface area contributed by atoms with Crippen molar-refractivity contribution in [1.29, 1.82) is 0 Å². The highest BCUT2D eigenvalue weighted by Crippen LogP contribution is 2.45. The third kappa shape index (κ3) is 5.04. The molecule has 48 heavy (non-hydrogen) atoms. The van der Waals surface area contributed by atoms with Crippen LogP contribution in [0, 0.1) is 0 Å². The van der Waals surface area contributed by atoms with Crippen LogP contribution in [0.4, 0.5) is 17.1 Å². The van der Waals surface area contributed by atoms with Gasteiger partial charge in [-0.2, -0.15) is 0 Å². The normalized spacial score (nSPS) is 11.3. The largest absolute Gasteiger partial charge is 0.310 e. The van der Waals surface area contributed by atoms with Gasteiger partial charge < -0.3 is 4.90 Å². The van der Waals surface area contributed by atoms with Gasteiger partial charge in [-0.05, 0) is 87.3 Å². The van der Waals surface area contributed by atoms with Crippen molar-refractivity contribution in [3.63, 3.8) is 0 Å². The van der Waals surface area contributed by atoms with Crippen LogP contribution in [0.3, 0.4) is 0 Å². The van der Waals surface area contributed by atoms with Crippen molar-refractivity contribution >= 4 is 59.3 Å². The second-order valence-electron chi connectivity index (χ2n) is 12.2. The lowest BCUT2D eigenvalue weighted by Gasteiger charge is -2.27. The molecule has 0 aliphatic carbocycles.